The maximum atomic E-state index is 10.9. The van der Waals surface area contributed by atoms with Gasteiger partial charge < -0.3 is 0 Å². The smallest absolute Gasteiger partial charge is 0.224 e. The summed E-state index contributed by atoms with van der Waals surface area (Å²) in [7, 11) is 0. The van der Waals surface area contributed by atoms with Gasteiger partial charge in [-0.05, 0) is 19.8 Å². The highest BCUT2D eigenvalue weighted by atomic mass is 16.2. The lowest BCUT2D eigenvalue weighted by molar-refractivity contribution is -0.134. The van der Waals surface area contributed by atoms with E-state index in [1.54, 1.807) is 13.0 Å². The van der Waals surface area contributed by atoms with Crippen LogP contribution in [-0.4, -0.2) is 11.6 Å². The molecule has 0 atom stereocenters. The van der Waals surface area contributed by atoms with Crippen molar-refractivity contribution in [3.63, 3.8) is 0 Å². The van der Waals surface area contributed by atoms with E-state index in [4.69, 9.17) is 0 Å². The molecule has 0 aliphatic heterocycles. The monoisotopic (exact) mass is 137 g/mol. The van der Waals surface area contributed by atoms with Gasteiger partial charge in [0.1, 0.15) is 0 Å². The summed E-state index contributed by atoms with van der Waals surface area (Å²) >= 11 is 0. The summed E-state index contributed by atoms with van der Waals surface area (Å²) in [6.07, 6.45) is 4.59. The number of carbonyl (C=O) groups is 2. The van der Waals surface area contributed by atoms with Crippen molar-refractivity contribution >= 4 is 11.6 Å². The van der Waals surface area contributed by atoms with Crippen LogP contribution in [0.4, 0.5) is 0 Å². The van der Waals surface area contributed by atoms with Crippen molar-refractivity contribution in [1.82, 2.24) is 0 Å². The Bertz CT molecular complexity index is 201. The van der Waals surface area contributed by atoms with Crippen LogP contribution in [0.1, 0.15) is 19.8 Å². The zero-order chi connectivity index (χ0) is 7.56. The zero-order valence-corrected chi connectivity index (χ0v) is 5.89. The summed E-state index contributed by atoms with van der Waals surface area (Å²) in [5, 5.41) is 0. The van der Waals surface area contributed by atoms with Crippen molar-refractivity contribution < 1.29 is 9.59 Å². The fraction of sp³-hybridized carbons (Fsp3) is 0.375. The normalized spacial score (nSPS) is 23.9. The van der Waals surface area contributed by atoms with Gasteiger partial charge in [-0.2, -0.15) is 0 Å². The van der Waals surface area contributed by atoms with Gasteiger partial charge in [0.25, 0.3) is 0 Å². The maximum absolute atomic E-state index is 10.9. The molecule has 10 heavy (non-hydrogen) atoms. The van der Waals surface area contributed by atoms with Crippen LogP contribution in [0.2, 0.25) is 0 Å². The molecule has 0 aromatic heterocycles. The molecule has 1 radical (unpaired) electrons. The molecule has 0 bridgehead atoms. The molecule has 0 N–H and O–H groups in total. The molecule has 0 aromatic carbocycles. The number of carbonyl (C=O) groups excluding carboxylic acids is 2. The molecule has 0 unspecified atom stereocenters. The van der Waals surface area contributed by atoms with E-state index in [-0.39, 0.29) is 11.6 Å². The number of hydrogen-bond acceptors (Lipinski definition) is 2. The highest BCUT2D eigenvalue weighted by molar-refractivity contribution is 6.44. The Morgan fingerprint density at radius 3 is 2.70 bits per heavy atom. The third-order valence-corrected chi connectivity index (χ3v) is 1.56. The SMILES string of the molecule is C/C=C1\[CH]CCC(=O)C1=O. The molecule has 1 saturated carbocycles. The Labute approximate surface area is 59.9 Å². The van der Waals surface area contributed by atoms with Crippen molar-refractivity contribution in [3.8, 4) is 0 Å². The van der Waals surface area contributed by atoms with Crippen LogP contribution in [0.5, 0.6) is 0 Å². The molecular formula is C8H9O2. The lowest BCUT2D eigenvalue weighted by Crippen LogP contribution is -2.21. The van der Waals surface area contributed by atoms with E-state index < -0.39 is 0 Å². The Morgan fingerprint density at radius 2 is 2.20 bits per heavy atom. The van der Waals surface area contributed by atoms with Crippen LogP contribution in [0.25, 0.3) is 0 Å². The van der Waals surface area contributed by atoms with E-state index in [9.17, 15) is 9.59 Å². The van der Waals surface area contributed by atoms with E-state index in [1.165, 1.54) is 0 Å². The molecule has 0 heterocycles. The summed E-state index contributed by atoms with van der Waals surface area (Å²) in [5.41, 5.74) is 0.566. The van der Waals surface area contributed by atoms with Gasteiger partial charge >= 0.3 is 0 Å². The van der Waals surface area contributed by atoms with E-state index >= 15 is 0 Å². The molecule has 0 saturated heterocycles. The van der Waals surface area contributed by atoms with Crippen LogP contribution in [0.3, 0.4) is 0 Å². The second-order valence-electron chi connectivity index (χ2n) is 2.24. The van der Waals surface area contributed by atoms with Gasteiger partial charge in [-0.3, -0.25) is 9.59 Å². The van der Waals surface area contributed by atoms with Gasteiger partial charge in [-0.25, -0.2) is 0 Å². The number of hydrogen-bond donors (Lipinski definition) is 0. The first-order chi connectivity index (χ1) is 4.75. The largest absolute Gasteiger partial charge is 0.291 e. The summed E-state index contributed by atoms with van der Waals surface area (Å²) in [6.45, 7) is 1.77. The topological polar surface area (TPSA) is 34.1 Å². The Hall–Kier alpha value is -0.920. The second kappa shape index (κ2) is 2.78. The third kappa shape index (κ3) is 1.15. The minimum Gasteiger partial charge on any atom is -0.291 e. The standard InChI is InChI=1S/C8H9O2/c1-2-6-4-3-5-7(9)8(6)10/h2,4H,3,5H2,1H3/b6-2+. The molecule has 2 heteroatoms. The van der Waals surface area contributed by atoms with Crippen LogP contribution in [0, 0.1) is 6.42 Å². The molecule has 1 rings (SSSR count). The molecule has 2 nitrogen and oxygen atoms in total. The highest BCUT2D eigenvalue weighted by Gasteiger charge is 2.22. The molecule has 0 aromatic rings. The highest BCUT2D eigenvalue weighted by Crippen LogP contribution is 2.15. The average molecular weight is 137 g/mol. The lowest BCUT2D eigenvalue weighted by atomic mass is 9.92. The number of ketones is 2. The average Bonchev–Trinajstić information content (AvgIpc) is 1.95. The molecule has 53 valence electrons. The van der Waals surface area contributed by atoms with Gasteiger partial charge in [0.15, 0.2) is 0 Å². The van der Waals surface area contributed by atoms with Crippen molar-refractivity contribution in [3.05, 3.63) is 18.1 Å². The van der Waals surface area contributed by atoms with E-state index in [0.717, 1.165) is 0 Å². The molecule has 0 amide bonds. The summed E-state index contributed by atoms with van der Waals surface area (Å²) < 4.78 is 0. The van der Waals surface area contributed by atoms with Gasteiger partial charge in [0, 0.05) is 12.0 Å². The minimum absolute atomic E-state index is 0.254. The van der Waals surface area contributed by atoms with Gasteiger partial charge in [-0.1, -0.05) is 6.08 Å². The second-order valence-corrected chi connectivity index (χ2v) is 2.24. The first-order valence-corrected chi connectivity index (χ1v) is 3.32. The Morgan fingerprint density at radius 1 is 1.50 bits per heavy atom. The van der Waals surface area contributed by atoms with Crippen molar-refractivity contribution in [2.45, 2.75) is 19.8 Å². The van der Waals surface area contributed by atoms with Crippen molar-refractivity contribution in [2.24, 2.45) is 0 Å². The molecule has 0 spiro atoms. The van der Waals surface area contributed by atoms with Crippen molar-refractivity contribution in [2.75, 3.05) is 0 Å². The predicted molar refractivity (Wildman–Crippen MR) is 37.3 cm³/mol. The first kappa shape index (κ1) is 7.19. The maximum Gasteiger partial charge on any atom is 0.224 e. The molecular weight excluding hydrogens is 128 g/mol. The van der Waals surface area contributed by atoms with Crippen LogP contribution < -0.4 is 0 Å². The number of Topliss-reactive ketones (excluding diaryl/α,β-unsaturated/α-hetero) is 2. The van der Waals surface area contributed by atoms with E-state index in [0.29, 0.717) is 18.4 Å². The quantitative estimate of drug-likeness (QED) is 0.369. The lowest BCUT2D eigenvalue weighted by Gasteiger charge is -2.09. The van der Waals surface area contributed by atoms with Crippen LogP contribution in [-0.2, 0) is 9.59 Å². The summed E-state index contributed by atoms with van der Waals surface area (Å²) in [4.78, 5) is 21.7. The van der Waals surface area contributed by atoms with Gasteiger partial charge in [0.2, 0.25) is 11.6 Å². The minimum atomic E-state index is -0.325. The molecule has 1 aliphatic carbocycles. The Kier molecular flexibility index (Phi) is 2.00. The summed E-state index contributed by atoms with van der Waals surface area (Å²) in [5.74, 6) is -0.579. The fourth-order valence-corrected chi connectivity index (χ4v) is 0.975. The Balaban J connectivity index is 2.79. The predicted octanol–water partition coefficient (Wildman–Crippen LogP) is 1.07. The van der Waals surface area contributed by atoms with E-state index in [2.05, 4.69) is 0 Å². The van der Waals surface area contributed by atoms with Gasteiger partial charge in [0.05, 0.1) is 0 Å². The molecule has 1 fully saturated rings. The molecule has 1 aliphatic rings. The number of allylic oxidation sites excluding steroid dienone is 2. The van der Waals surface area contributed by atoms with Crippen LogP contribution >= 0.6 is 0 Å². The first-order valence-electron chi connectivity index (χ1n) is 3.32. The fourth-order valence-electron chi connectivity index (χ4n) is 0.975. The van der Waals surface area contributed by atoms with Crippen molar-refractivity contribution in [1.29, 1.82) is 0 Å². The van der Waals surface area contributed by atoms with E-state index in [1.807, 2.05) is 6.42 Å². The number of rotatable bonds is 0. The van der Waals surface area contributed by atoms with Crippen LogP contribution in [0.15, 0.2) is 11.6 Å². The third-order valence-electron chi connectivity index (χ3n) is 1.56. The van der Waals surface area contributed by atoms with Gasteiger partial charge in [-0.15, -0.1) is 0 Å². The summed E-state index contributed by atoms with van der Waals surface area (Å²) in [6, 6.07) is 0. The zero-order valence-electron chi connectivity index (χ0n) is 5.89.